The number of nitrogens with zero attached hydrogens (tertiary/aromatic N) is 1. The summed E-state index contributed by atoms with van der Waals surface area (Å²) in [7, 11) is 0. The van der Waals surface area contributed by atoms with E-state index in [2.05, 4.69) is 0 Å². The van der Waals surface area contributed by atoms with Crippen LogP contribution in [0.2, 0.25) is 0 Å². The monoisotopic (exact) mass is 258 g/mol. The van der Waals surface area contributed by atoms with Crippen LogP contribution in [-0.2, 0) is 0 Å². The number of nitro groups is 1. The first-order chi connectivity index (χ1) is 9.06. The second kappa shape index (κ2) is 5.30. The van der Waals surface area contributed by atoms with E-state index in [0.717, 1.165) is 17.7 Å². The van der Waals surface area contributed by atoms with Crippen LogP contribution in [0.4, 0.5) is 15.8 Å². The number of nitrogens with two attached hydrogens (primary N) is 1. The van der Waals surface area contributed by atoms with Crippen molar-refractivity contribution < 1.29 is 9.31 Å². The Morgan fingerprint density at radius 3 is 2.21 bits per heavy atom. The zero-order chi connectivity index (χ0) is 13.8. The van der Waals surface area contributed by atoms with E-state index in [1.54, 1.807) is 24.3 Å². The van der Waals surface area contributed by atoms with E-state index in [1.165, 1.54) is 6.07 Å². The molecule has 0 atom stereocenters. The lowest BCUT2D eigenvalue weighted by atomic mass is 10.1. The van der Waals surface area contributed by atoms with Crippen molar-refractivity contribution in [3.05, 3.63) is 69.5 Å². The third-order valence-electron chi connectivity index (χ3n) is 2.57. The van der Waals surface area contributed by atoms with Gasteiger partial charge in [-0.3, -0.25) is 10.1 Å². The normalized spacial score (nSPS) is 10.8. The van der Waals surface area contributed by atoms with Gasteiger partial charge in [0.05, 0.1) is 4.92 Å². The van der Waals surface area contributed by atoms with Crippen molar-refractivity contribution in [3.8, 4) is 0 Å². The largest absolute Gasteiger partial charge is 0.399 e. The highest BCUT2D eigenvalue weighted by atomic mass is 19.1. The molecule has 2 aromatic carbocycles. The minimum atomic E-state index is -0.843. The van der Waals surface area contributed by atoms with Gasteiger partial charge in [-0.2, -0.15) is 4.39 Å². The van der Waals surface area contributed by atoms with E-state index in [4.69, 9.17) is 5.73 Å². The quantitative estimate of drug-likeness (QED) is 0.396. The number of anilines is 1. The van der Waals surface area contributed by atoms with E-state index in [-0.39, 0.29) is 0 Å². The van der Waals surface area contributed by atoms with Crippen molar-refractivity contribution in [3.63, 3.8) is 0 Å². The maximum absolute atomic E-state index is 13.4. The van der Waals surface area contributed by atoms with Crippen LogP contribution < -0.4 is 5.73 Å². The minimum absolute atomic E-state index is 0.523. The maximum Gasteiger partial charge on any atom is 0.304 e. The molecule has 2 N–H and O–H groups in total. The first-order valence-corrected chi connectivity index (χ1v) is 5.54. The van der Waals surface area contributed by atoms with Gasteiger partial charge in [-0.05, 0) is 35.4 Å². The van der Waals surface area contributed by atoms with Crippen molar-refractivity contribution in [1.82, 2.24) is 0 Å². The summed E-state index contributed by atoms with van der Waals surface area (Å²) in [6.45, 7) is 0. The van der Waals surface area contributed by atoms with Crippen LogP contribution in [0.25, 0.3) is 12.2 Å². The summed E-state index contributed by atoms with van der Waals surface area (Å²) < 4.78 is 13.4. The molecule has 0 aliphatic heterocycles. The second-order valence-electron chi connectivity index (χ2n) is 3.97. The molecule has 5 heteroatoms. The van der Waals surface area contributed by atoms with Crippen LogP contribution in [-0.4, -0.2) is 4.92 Å². The molecular formula is C14H11FN2O2. The molecule has 96 valence electrons. The Morgan fingerprint density at radius 1 is 1.05 bits per heavy atom. The Bertz CT molecular complexity index is 636. The van der Waals surface area contributed by atoms with Crippen LogP contribution in [0.15, 0.2) is 42.5 Å². The summed E-state index contributed by atoms with van der Waals surface area (Å²) in [5, 5.41) is 10.5. The molecule has 0 fully saturated rings. The van der Waals surface area contributed by atoms with Crippen molar-refractivity contribution >= 4 is 23.5 Å². The smallest absolute Gasteiger partial charge is 0.304 e. The van der Waals surface area contributed by atoms with E-state index in [1.807, 2.05) is 12.1 Å². The van der Waals surface area contributed by atoms with E-state index in [0.29, 0.717) is 11.3 Å². The lowest BCUT2D eigenvalue weighted by Crippen LogP contribution is -1.92. The predicted octanol–water partition coefficient (Wildman–Crippen LogP) is 3.49. The molecule has 0 bridgehead atoms. The summed E-state index contributed by atoms with van der Waals surface area (Å²) in [6.07, 6.45) is 3.46. The van der Waals surface area contributed by atoms with Gasteiger partial charge in [0.1, 0.15) is 0 Å². The van der Waals surface area contributed by atoms with Gasteiger partial charge in [-0.15, -0.1) is 0 Å². The Morgan fingerprint density at radius 2 is 1.63 bits per heavy atom. The number of rotatable bonds is 3. The number of hydrogen-bond acceptors (Lipinski definition) is 3. The summed E-state index contributed by atoms with van der Waals surface area (Å²) in [4.78, 5) is 9.73. The maximum atomic E-state index is 13.4. The third-order valence-corrected chi connectivity index (χ3v) is 2.57. The number of nitro benzene ring substituents is 1. The van der Waals surface area contributed by atoms with Crippen LogP contribution in [0, 0.1) is 15.9 Å². The Balaban J connectivity index is 2.22. The lowest BCUT2D eigenvalue weighted by Gasteiger charge is -1.97. The molecule has 0 aliphatic carbocycles. The zero-order valence-electron chi connectivity index (χ0n) is 9.92. The van der Waals surface area contributed by atoms with E-state index >= 15 is 0 Å². The molecule has 0 radical (unpaired) electrons. The molecule has 0 aromatic heterocycles. The molecule has 0 aliphatic rings. The van der Waals surface area contributed by atoms with Crippen LogP contribution in [0.1, 0.15) is 11.1 Å². The van der Waals surface area contributed by atoms with E-state index < -0.39 is 16.4 Å². The molecule has 2 aromatic rings. The van der Waals surface area contributed by atoms with Gasteiger partial charge in [0.15, 0.2) is 0 Å². The molecular weight excluding hydrogens is 247 g/mol. The Labute approximate surface area is 109 Å². The molecule has 0 saturated carbocycles. The van der Waals surface area contributed by atoms with Crippen molar-refractivity contribution in [2.75, 3.05) is 5.73 Å². The molecule has 19 heavy (non-hydrogen) atoms. The fourth-order valence-corrected chi connectivity index (χ4v) is 1.57. The average molecular weight is 258 g/mol. The van der Waals surface area contributed by atoms with Gasteiger partial charge in [-0.25, -0.2) is 0 Å². The SMILES string of the molecule is Nc1ccc(C=Cc2ccc([N+](=O)[O-])c(F)c2)cc1. The van der Waals surface area contributed by atoms with Gasteiger partial charge in [-0.1, -0.05) is 24.3 Å². The Kier molecular flexibility index (Phi) is 3.56. The van der Waals surface area contributed by atoms with Gasteiger partial charge in [0.25, 0.3) is 0 Å². The topological polar surface area (TPSA) is 69.2 Å². The number of hydrogen-bond donors (Lipinski definition) is 1. The third kappa shape index (κ3) is 3.16. The van der Waals surface area contributed by atoms with Crippen molar-refractivity contribution in [1.29, 1.82) is 0 Å². The van der Waals surface area contributed by atoms with Crippen LogP contribution >= 0.6 is 0 Å². The fraction of sp³-hybridized carbons (Fsp3) is 0. The van der Waals surface area contributed by atoms with Crippen molar-refractivity contribution in [2.45, 2.75) is 0 Å². The van der Waals surface area contributed by atoms with Gasteiger partial charge in [0.2, 0.25) is 5.82 Å². The molecule has 0 heterocycles. The zero-order valence-corrected chi connectivity index (χ0v) is 9.92. The summed E-state index contributed by atoms with van der Waals surface area (Å²) in [5.74, 6) is -0.843. The lowest BCUT2D eigenvalue weighted by molar-refractivity contribution is -0.387. The highest BCUT2D eigenvalue weighted by Gasteiger charge is 2.12. The predicted molar refractivity (Wildman–Crippen MR) is 72.8 cm³/mol. The summed E-state index contributed by atoms with van der Waals surface area (Å²) >= 11 is 0. The average Bonchev–Trinajstić information content (AvgIpc) is 2.37. The van der Waals surface area contributed by atoms with Crippen molar-refractivity contribution in [2.24, 2.45) is 0 Å². The standard InChI is InChI=1S/C14H11FN2O2/c15-13-9-11(5-8-14(13)17(18)19)2-1-10-3-6-12(16)7-4-10/h1-9H,16H2. The molecule has 0 spiro atoms. The number of benzene rings is 2. The fourth-order valence-electron chi connectivity index (χ4n) is 1.57. The molecule has 0 saturated heterocycles. The highest BCUT2D eigenvalue weighted by Crippen LogP contribution is 2.19. The van der Waals surface area contributed by atoms with E-state index in [9.17, 15) is 14.5 Å². The summed E-state index contributed by atoms with van der Waals surface area (Å²) in [6, 6.07) is 11.0. The van der Waals surface area contributed by atoms with Gasteiger partial charge in [0, 0.05) is 11.8 Å². The van der Waals surface area contributed by atoms with Gasteiger partial charge >= 0.3 is 5.69 Å². The number of nitrogen functional groups attached to an aromatic ring is 1. The van der Waals surface area contributed by atoms with Crippen LogP contribution in [0.5, 0.6) is 0 Å². The van der Waals surface area contributed by atoms with Gasteiger partial charge < -0.3 is 5.73 Å². The summed E-state index contributed by atoms with van der Waals surface area (Å²) in [5.41, 5.74) is 7.17. The molecule has 4 nitrogen and oxygen atoms in total. The highest BCUT2D eigenvalue weighted by molar-refractivity contribution is 5.70. The first-order valence-electron chi connectivity index (χ1n) is 5.54. The minimum Gasteiger partial charge on any atom is -0.399 e. The first kappa shape index (κ1) is 12.8. The second-order valence-corrected chi connectivity index (χ2v) is 3.97. The van der Waals surface area contributed by atoms with Crippen LogP contribution in [0.3, 0.4) is 0 Å². The number of halogens is 1. The molecule has 0 amide bonds. The molecule has 2 rings (SSSR count). The Hall–Kier alpha value is -2.69. The molecule has 0 unspecified atom stereocenters.